The topological polar surface area (TPSA) is 17.1 Å². The molecule has 0 aromatic heterocycles. The van der Waals surface area contributed by atoms with Gasteiger partial charge in [0.15, 0.2) is 5.78 Å². The largest absolute Gasteiger partial charge is 0.294 e. The smallest absolute Gasteiger partial charge is 0.162 e. The third-order valence-electron chi connectivity index (χ3n) is 2.43. The van der Waals surface area contributed by atoms with Gasteiger partial charge in [-0.2, -0.15) is 0 Å². The second-order valence-electron chi connectivity index (χ2n) is 3.89. The van der Waals surface area contributed by atoms with Crippen LogP contribution >= 0.6 is 0 Å². The maximum absolute atomic E-state index is 11.7. The van der Waals surface area contributed by atoms with Gasteiger partial charge in [-0.3, -0.25) is 4.79 Å². The molecule has 0 aliphatic rings. The Morgan fingerprint density at radius 2 is 2.00 bits per heavy atom. The van der Waals surface area contributed by atoms with Crippen LogP contribution in [-0.4, -0.2) is 5.78 Å². The molecule has 1 rings (SSSR count). The summed E-state index contributed by atoms with van der Waals surface area (Å²) in [7, 11) is 0. The summed E-state index contributed by atoms with van der Waals surface area (Å²) in [5.41, 5.74) is 2.86. The van der Waals surface area contributed by atoms with Crippen LogP contribution in [0, 0.1) is 0 Å². The van der Waals surface area contributed by atoms with Gasteiger partial charge < -0.3 is 0 Å². The minimum atomic E-state index is 0.236. The Kier molecular flexibility index (Phi) is 4.29. The molecule has 0 fully saturated rings. The maximum Gasteiger partial charge on any atom is 0.162 e. The minimum absolute atomic E-state index is 0.236. The monoisotopic (exact) mass is 202 g/mol. The first-order valence-electron chi connectivity index (χ1n) is 5.44. The van der Waals surface area contributed by atoms with Crippen molar-refractivity contribution in [2.24, 2.45) is 0 Å². The second kappa shape index (κ2) is 5.50. The van der Waals surface area contributed by atoms with Gasteiger partial charge >= 0.3 is 0 Å². The lowest BCUT2D eigenvalue weighted by Crippen LogP contribution is -1.99. The van der Waals surface area contributed by atoms with E-state index in [1.807, 2.05) is 31.2 Å². The van der Waals surface area contributed by atoms with Crippen molar-refractivity contribution < 1.29 is 4.79 Å². The number of allylic oxidation sites excluding steroid dienone is 1. The Bertz CT molecular complexity index is 363. The minimum Gasteiger partial charge on any atom is -0.294 e. The average Bonchev–Trinajstić information content (AvgIpc) is 2.26. The number of carbonyl (C=O) groups is 1. The van der Waals surface area contributed by atoms with Crippen LogP contribution in [0.15, 0.2) is 30.8 Å². The van der Waals surface area contributed by atoms with Crippen LogP contribution in [0.25, 0.3) is 5.57 Å². The van der Waals surface area contributed by atoms with Gasteiger partial charge in [-0.1, -0.05) is 43.7 Å². The number of rotatable bonds is 5. The summed E-state index contributed by atoms with van der Waals surface area (Å²) in [5, 5.41) is 0. The first kappa shape index (κ1) is 11.7. The predicted molar refractivity (Wildman–Crippen MR) is 65.0 cm³/mol. The van der Waals surface area contributed by atoms with Gasteiger partial charge in [0.1, 0.15) is 0 Å². The zero-order chi connectivity index (χ0) is 11.3. The van der Waals surface area contributed by atoms with E-state index in [4.69, 9.17) is 0 Å². The van der Waals surface area contributed by atoms with Crippen molar-refractivity contribution >= 4 is 11.4 Å². The number of benzene rings is 1. The number of ketones is 1. The Labute approximate surface area is 91.8 Å². The van der Waals surface area contributed by atoms with E-state index in [1.54, 1.807) is 0 Å². The van der Waals surface area contributed by atoms with Crippen molar-refractivity contribution in [3.05, 3.63) is 42.0 Å². The zero-order valence-electron chi connectivity index (χ0n) is 9.55. The van der Waals surface area contributed by atoms with E-state index in [-0.39, 0.29) is 5.78 Å². The molecular weight excluding hydrogens is 184 g/mol. The molecule has 1 aromatic carbocycles. The third kappa shape index (κ3) is 3.35. The highest BCUT2D eigenvalue weighted by molar-refractivity contribution is 5.96. The van der Waals surface area contributed by atoms with Gasteiger partial charge in [0.25, 0.3) is 0 Å². The summed E-state index contributed by atoms with van der Waals surface area (Å²) in [6.45, 7) is 7.93. The highest BCUT2D eigenvalue weighted by Crippen LogP contribution is 2.15. The fraction of sp³-hybridized carbons (Fsp3) is 0.357. The highest BCUT2D eigenvalue weighted by Gasteiger charge is 2.05. The van der Waals surface area contributed by atoms with E-state index < -0.39 is 0 Å². The number of carbonyl (C=O) groups excluding carboxylic acids is 1. The maximum atomic E-state index is 11.7. The van der Waals surface area contributed by atoms with Crippen LogP contribution in [0.2, 0.25) is 0 Å². The summed E-state index contributed by atoms with van der Waals surface area (Å²) in [5.74, 6) is 0.236. The van der Waals surface area contributed by atoms with E-state index in [1.165, 1.54) is 0 Å². The van der Waals surface area contributed by atoms with Crippen LogP contribution in [0.3, 0.4) is 0 Å². The average molecular weight is 202 g/mol. The molecule has 0 aliphatic carbocycles. The van der Waals surface area contributed by atoms with Gasteiger partial charge in [-0.05, 0) is 25.0 Å². The van der Waals surface area contributed by atoms with Crippen LogP contribution in [0.1, 0.15) is 49.0 Å². The molecule has 0 radical (unpaired) electrons. The van der Waals surface area contributed by atoms with Crippen molar-refractivity contribution in [3.8, 4) is 0 Å². The molecule has 0 saturated heterocycles. The molecule has 0 heterocycles. The molecule has 0 atom stereocenters. The highest BCUT2D eigenvalue weighted by atomic mass is 16.1. The van der Waals surface area contributed by atoms with Gasteiger partial charge in [0.2, 0.25) is 0 Å². The van der Waals surface area contributed by atoms with Gasteiger partial charge in [0.05, 0.1) is 0 Å². The van der Waals surface area contributed by atoms with Crippen molar-refractivity contribution in [2.75, 3.05) is 0 Å². The van der Waals surface area contributed by atoms with Crippen molar-refractivity contribution in [3.63, 3.8) is 0 Å². The number of Topliss-reactive ketones (excluding diaryl/α,β-unsaturated/α-hetero) is 1. The van der Waals surface area contributed by atoms with E-state index in [0.717, 1.165) is 29.5 Å². The molecule has 0 spiro atoms. The zero-order valence-corrected chi connectivity index (χ0v) is 9.55. The fourth-order valence-corrected chi connectivity index (χ4v) is 1.44. The van der Waals surface area contributed by atoms with Crippen LogP contribution < -0.4 is 0 Å². The molecule has 0 amide bonds. The van der Waals surface area contributed by atoms with Crippen LogP contribution in [0.5, 0.6) is 0 Å². The van der Waals surface area contributed by atoms with E-state index in [2.05, 4.69) is 13.5 Å². The Balaban J connectivity index is 2.81. The first-order valence-corrected chi connectivity index (χ1v) is 5.44. The van der Waals surface area contributed by atoms with E-state index >= 15 is 0 Å². The Morgan fingerprint density at radius 3 is 2.60 bits per heavy atom. The molecular formula is C14H18O. The van der Waals surface area contributed by atoms with Crippen LogP contribution in [-0.2, 0) is 0 Å². The van der Waals surface area contributed by atoms with Crippen LogP contribution in [0.4, 0.5) is 0 Å². The SMILES string of the molecule is C=C(C)c1cccc(C(=O)CCCC)c1. The molecule has 15 heavy (non-hydrogen) atoms. The summed E-state index contributed by atoms with van der Waals surface area (Å²) in [6.07, 6.45) is 2.68. The number of hydrogen-bond acceptors (Lipinski definition) is 1. The van der Waals surface area contributed by atoms with Crippen molar-refractivity contribution in [1.82, 2.24) is 0 Å². The molecule has 0 N–H and O–H groups in total. The second-order valence-corrected chi connectivity index (χ2v) is 3.89. The summed E-state index contributed by atoms with van der Waals surface area (Å²) < 4.78 is 0. The van der Waals surface area contributed by atoms with Crippen molar-refractivity contribution in [1.29, 1.82) is 0 Å². The normalized spacial score (nSPS) is 10.0. The lowest BCUT2D eigenvalue weighted by molar-refractivity contribution is 0.0980. The standard InChI is InChI=1S/C14H18O/c1-4-5-9-14(15)13-8-6-7-12(10-13)11(2)3/h6-8,10H,2,4-5,9H2,1,3H3. The molecule has 0 saturated carbocycles. The quantitative estimate of drug-likeness (QED) is 0.657. The fourth-order valence-electron chi connectivity index (χ4n) is 1.44. The van der Waals surface area contributed by atoms with Gasteiger partial charge in [-0.15, -0.1) is 0 Å². The molecule has 0 bridgehead atoms. The molecule has 0 unspecified atom stereocenters. The van der Waals surface area contributed by atoms with E-state index in [0.29, 0.717) is 6.42 Å². The number of unbranched alkanes of at least 4 members (excludes halogenated alkanes) is 1. The summed E-state index contributed by atoms with van der Waals surface area (Å²) >= 11 is 0. The van der Waals surface area contributed by atoms with Gasteiger partial charge in [0, 0.05) is 12.0 Å². The van der Waals surface area contributed by atoms with E-state index in [9.17, 15) is 4.79 Å². The Hall–Kier alpha value is -1.37. The molecule has 1 nitrogen and oxygen atoms in total. The van der Waals surface area contributed by atoms with Crippen molar-refractivity contribution in [2.45, 2.75) is 33.1 Å². The van der Waals surface area contributed by atoms with Gasteiger partial charge in [-0.25, -0.2) is 0 Å². The molecule has 0 aliphatic heterocycles. The lowest BCUT2D eigenvalue weighted by atomic mass is 10.0. The summed E-state index contributed by atoms with van der Waals surface area (Å²) in [4.78, 5) is 11.7. The first-order chi connectivity index (χ1) is 7.15. The third-order valence-corrected chi connectivity index (χ3v) is 2.43. The molecule has 1 aromatic rings. The molecule has 1 heteroatoms. The predicted octanol–water partition coefficient (Wildman–Crippen LogP) is 4.09. The molecule has 80 valence electrons. The lowest BCUT2D eigenvalue weighted by Gasteiger charge is -2.03. The Morgan fingerprint density at radius 1 is 1.33 bits per heavy atom. The summed E-state index contributed by atoms with van der Waals surface area (Å²) in [6, 6.07) is 7.72. The number of hydrogen-bond donors (Lipinski definition) is 0.